The van der Waals surface area contributed by atoms with Crippen molar-refractivity contribution in [2.24, 2.45) is 0 Å². The normalized spacial score (nSPS) is 10.1. The summed E-state index contributed by atoms with van der Waals surface area (Å²) in [5.74, 6) is -0.309. The molecule has 0 bridgehead atoms. The molecular formula is C13H19N3O3. The van der Waals surface area contributed by atoms with E-state index in [9.17, 15) is 14.9 Å². The van der Waals surface area contributed by atoms with Gasteiger partial charge in [0.1, 0.15) is 5.56 Å². The van der Waals surface area contributed by atoms with Crippen molar-refractivity contribution in [3.05, 3.63) is 33.9 Å². The third-order valence-electron chi connectivity index (χ3n) is 2.86. The van der Waals surface area contributed by atoms with E-state index in [4.69, 9.17) is 0 Å². The molecule has 0 aliphatic rings. The molecule has 0 aliphatic carbocycles. The minimum Gasteiger partial charge on any atom is -0.385 e. The molecule has 0 radical (unpaired) electrons. The second-order valence-corrected chi connectivity index (χ2v) is 4.00. The first-order chi connectivity index (χ1) is 9.04. The van der Waals surface area contributed by atoms with Crippen LogP contribution in [0, 0.1) is 10.1 Å². The molecule has 1 aromatic rings. The Hall–Kier alpha value is -2.11. The summed E-state index contributed by atoms with van der Waals surface area (Å²) in [5, 5.41) is 14.1. The van der Waals surface area contributed by atoms with Gasteiger partial charge < -0.3 is 10.2 Å². The monoisotopic (exact) mass is 265 g/mol. The number of anilines is 1. The predicted octanol–water partition coefficient (Wildman–Crippen LogP) is 2.51. The summed E-state index contributed by atoms with van der Waals surface area (Å²) < 4.78 is 0. The molecule has 0 aromatic heterocycles. The summed E-state index contributed by atoms with van der Waals surface area (Å²) in [6, 6.07) is 4.53. The second-order valence-electron chi connectivity index (χ2n) is 4.00. The van der Waals surface area contributed by atoms with Crippen molar-refractivity contribution in [2.75, 3.05) is 25.0 Å². The number of nitrogens with one attached hydrogen (secondary N) is 1. The van der Waals surface area contributed by atoms with Crippen molar-refractivity contribution in [3.63, 3.8) is 0 Å². The molecule has 1 N–H and O–H groups in total. The molecule has 0 heterocycles. The average molecular weight is 265 g/mol. The fourth-order valence-corrected chi connectivity index (χ4v) is 1.86. The third kappa shape index (κ3) is 3.43. The van der Waals surface area contributed by atoms with Crippen molar-refractivity contribution in [1.82, 2.24) is 4.90 Å². The molecule has 19 heavy (non-hydrogen) atoms. The molecule has 1 aromatic carbocycles. The average Bonchev–Trinajstić information content (AvgIpc) is 2.40. The van der Waals surface area contributed by atoms with Gasteiger partial charge in [0.05, 0.1) is 4.92 Å². The Kier molecular flexibility index (Phi) is 5.29. The highest BCUT2D eigenvalue weighted by atomic mass is 16.6. The summed E-state index contributed by atoms with van der Waals surface area (Å²) in [6.07, 6.45) is 0. The number of hydrogen-bond donors (Lipinski definition) is 1. The van der Waals surface area contributed by atoms with Crippen LogP contribution in [0.4, 0.5) is 11.4 Å². The zero-order valence-corrected chi connectivity index (χ0v) is 11.5. The summed E-state index contributed by atoms with van der Waals surface area (Å²) in [7, 11) is 0. The number of nitro benzene ring substituents is 1. The zero-order valence-electron chi connectivity index (χ0n) is 11.5. The highest BCUT2D eigenvalue weighted by molar-refractivity contribution is 5.99. The molecule has 0 fully saturated rings. The van der Waals surface area contributed by atoms with Gasteiger partial charge in [0.25, 0.3) is 11.6 Å². The highest BCUT2D eigenvalue weighted by Crippen LogP contribution is 2.24. The maximum absolute atomic E-state index is 12.3. The molecular weight excluding hydrogens is 246 g/mol. The first kappa shape index (κ1) is 14.9. The first-order valence-electron chi connectivity index (χ1n) is 6.36. The van der Waals surface area contributed by atoms with Gasteiger partial charge in [-0.2, -0.15) is 0 Å². The number of carbonyl (C=O) groups excluding carboxylic acids is 1. The predicted molar refractivity (Wildman–Crippen MR) is 74.5 cm³/mol. The number of rotatable bonds is 6. The molecule has 6 nitrogen and oxygen atoms in total. The van der Waals surface area contributed by atoms with Crippen molar-refractivity contribution in [3.8, 4) is 0 Å². The Balaban J connectivity index is 3.23. The number of hydrogen-bond acceptors (Lipinski definition) is 4. The number of nitro groups is 1. The van der Waals surface area contributed by atoms with Crippen molar-refractivity contribution in [1.29, 1.82) is 0 Å². The van der Waals surface area contributed by atoms with E-state index >= 15 is 0 Å². The quantitative estimate of drug-likeness (QED) is 0.633. The van der Waals surface area contributed by atoms with Crippen molar-refractivity contribution < 1.29 is 9.72 Å². The first-order valence-corrected chi connectivity index (χ1v) is 6.36. The topological polar surface area (TPSA) is 75.5 Å². The lowest BCUT2D eigenvalue weighted by Crippen LogP contribution is -2.31. The van der Waals surface area contributed by atoms with Crippen LogP contribution in [0.25, 0.3) is 0 Å². The molecule has 0 saturated heterocycles. The van der Waals surface area contributed by atoms with Crippen LogP contribution in [0.3, 0.4) is 0 Å². The van der Waals surface area contributed by atoms with E-state index in [0.717, 1.165) is 0 Å². The Morgan fingerprint density at radius 2 is 1.95 bits per heavy atom. The van der Waals surface area contributed by atoms with Gasteiger partial charge >= 0.3 is 0 Å². The minimum atomic E-state index is -0.521. The van der Waals surface area contributed by atoms with Gasteiger partial charge in [-0.3, -0.25) is 14.9 Å². The van der Waals surface area contributed by atoms with Crippen LogP contribution in [0.1, 0.15) is 31.1 Å². The van der Waals surface area contributed by atoms with E-state index in [1.165, 1.54) is 6.07 Å². The Bertz CT molecular complexity index is 470. The lowest BCUT2D eigenvalue weighted by molar-refractivity contribution is -0.385. The molecule has 6 heteroatoms. The van der Waals surface area contributed by atoms with Gasteiger partial charge in [-0.1, -0.05) is 0 Å². The number of benzene rings is 1. The van der Waals surface area contributed by atoms with E-state index in [1.807, 2.05) is 20.8 Å². The molecule has 1 rings (SSSR count). The van der Waals surface area contributed by atoms with Crippen LogP contribution in [0.2, 0.25) is 0 Å². The maximum Gasteiger partial charge on any atom is 0.282 e. The summed E-state index contributed by atoms with van der Waals surface area (Å²) in [4.78, 5) is 24.3. The van der Waals surface area contributed by atoms with Crippen molar-refractivity contribution in [2.45, 2.75) is 20.8 Å². The second kappa shape index (κ2) is 6.72. The lowest BCUT2D eigenvalue weighted by Gasteiger charge is -2.19. The van der Waals surface area contributed by atoms with Gasteiger partial charge in [-0.05, 0) is 32.9 Å². The van der Waals surface area contributed by atoms with Crippen LogP contribution >= 0.6 is 0 Å². The van der Waals surface area contributed by atoms with Crippen LogP contribution in [0.5, 0.6) is 0 Å². The number of nitrogens with zero attached hydrogens (tertiary/aromatic N) is 2. The number of carbonyl (C=O) groups is 1. The molecule has 0 aliphatic heterocycles. The van der Waals surface area contributed by atoms with E-state index in [-0.39, 0.29) is 17.2 Å². The molecule has 0 spiro atoms. The standard InChI is InChI=1S/C13H19N3O3/c1-4-14-10-7-8-12(16(18)19)11(9-10)13(17)15(5-2)6-3/h7-9,14H,4-6H2,1-3H3. The highest BCUT2D eigenvalue weighted by Gasteiger charge is 2.23. The minimum absolute atomic E-state index is 0.132. The maximum atomic E-state index is 12.3. The number of amides is 1. The summed E-state index contributed by atoms with van der Waals surface area (Å²) in [6.45, 7) is 7.36. The molecule has 0 saturated carbocycles. The molecule has 0 atom stereocenters. The Morgan fingerprint density at radius 1 is 1.32 bits per heavy atom. The van der Waals surface area contributed by atoms with Gasteiger partial charge in [0.15, 0.2) is 0 Å². The van der Waals surface area contributed by atoms with E-state index in [1.54, 1.807) is 17.0 Å². The summed E-state index contributed by atoms with van der Waals surface area (Å²) in [5.41, 5.74) is 0.689. The van der Waals surface area contributed by atoms with E-state index in [2.05, 4.69) is 5.32 Å². The zero-order chi connectivity index (χ0) is 14.4. The van der Waals surface area contributed by atoms with Gasteiger partial charge in [0, 0.05) is 31.4 Å². The van der Waals surface area contributed by atoms with Crippen LogP contribution in [0.15, 0.2) is 18.2 Å². The molecule has 0 unspecified atom stereocenters. The fraction of sp³-hybridized carbons (Fsp3) is 0.462. The van der Waals surface area contributed by atoms with Crippen LogP contribution in [-0.2, 0) is 0 Å². The smallest absolute Gasteiger partial charge is 0.282 e. The van der Waals surface area contributed by atoms with E-state index < -0.39 is 4.92 Å². The SMILES string of the molecule is CCNc1ccc([N+](=O)[O-])c(C(=O)N(CC)CC)c1. The fourth-order valence-electron chi connectivity index (χ4n) is 1.86. The molecule has 104 valence electrons. The van der Waals surface area contributed by atoms with Crippen LogP contribution < -0.4 is 5.32 Å². The summed E-state index contributed by atoms with van der Waals surface area (Å²) >= 11 is 0. The van der Waals surface area contributed by atoms with Crippen molar-refractivity contribution >= 4 is 17.3 Å². The Labute approximate surface area is 112 Å². The van der Waals surface area contributed by atoms with E-state index in [0.29, 0.717) is 25.3 Å². The molecule has 1 amide bonds. The Morgan fingerprint density at radius 3 is 2.42 bits per heavy atom. The lowest BCUT2D eigenvalue weighted by atomic mass is 10.1. The van der Waals surface area contributed by atoms with Gasteiger partial charge in [-0.15, -0.1) is 0 Å². The third-order valence-corrected chi connectivity index (χ3v) is 2.86. The van der Waals surface area contributed by atoms with Gasteiger partial charge in [-0.25, -0.2) is 0 Å². The van der Waals surface area contributed by atoms with Crippen LogP contribution in [-0.4, -0.2) is 35.4 Å². The van der Waals surface area contributed by atoms with Gasteiger partial charge in [0.2, 0.25) is 0 Å². The largest absolute Gasteiger partial charge is 0.385 e.